The van der Waals surface area contributed by atoms with E-state index in [2.05, 4.69) is 72.8 Å². The second-order valence-electron chi connectivity index (χ2n) is 6.01. The van der Waals surface area contributed by atoms with Crippen LogP contribution < -0.4 is 15.9 Å². The van der Waals surface area contributed by atoms with Gasteiger partial charge in [-0.1, -0.05) is 91.0 Å². The summed E-state index contributed by atoms with van der Waals surface area (Å²) < 4.78 is 5.39. The first-order valence-corrected chi connectivity index (χ1v) is 10.2. The maximum atomic E-state index is 12.7. The third kappa shape index (κ3) is 2.63. The third-order valence-corrected chi connectivity index (χ3v) is 9.08. The van der Waals surface area contributed by atoms with Gasteiger partial charge < -0.3 is 4.74 Å². The molecule has 1 fully saturated rings. The van der Waals surface area contributed by atoms with Gasteiger partial charge in [-0.2, -0.15) is 0 Å². The molecule has 0 unspecified atom stereocenters. The van der Waals surface area contributed by atoms with Crippen LogP contribution in [0.3, 0.4) is 0 Å². The summed E-state index contributed by atoms with van der Waals surface area (Å²) in [6.07, 6.45) is 0.686. The fourth-order valence-electron chi connectivity index (χ4n) is 3.60. The lowest BCUT2D eigenvalue weighted by Crippen LogP contribution is -2.31. The molecule has 3 aromatic carbocycles. The lowest BCUT2D eigenvalue weighted by molar-refractivity contribution is -0.132. The second-order valence-corrected chi connectivity index (χ2v) is 9.44. The molecule has 3 heteroatoms. The van der Waals surface area contributed by atoms with Crippen LogP contribution in [0.25, 0.3) is 0 Å². The second kappa shape index (κ2) is 6.74. The van der Waals surface area contributed by atoms with Crippen LogP contribution >= 0.6 is 6.89 Å². The first-order valence-electron chi connectivity index (χ1n) is 8.43. The van der Waals surface area contributed by atoms with Crippen molar-refractivity contribution < 1.29 is 9.53 Å². The van der Waals surface area contributed by atoms with Gasteiger partial charge in [0, 0.05) is 6.42 Å². The van der Waals surface area contributed by atoms with E-state index in [1.807, 2.05) is 18.2 Å². The predicted octanol–water partition coefficient (Wildman–Crippen LogP) is 3.10. The van der Waals surface area contributed by atoms with E-state index in [1.165, 1.54) is 15.9 Å². The zero-order valence-electron chi connectivity index (χ0n) is 13.8. The average Bonchev–Trinajstić information content (AvgIpc) is 3.12. The van der Waals surface area contributed by atoms with Crippen molar-refractivity contribution in [3.05, 3.63) is 91.0 Å². The lowest BCUT2D eigenvalue weighted by atomic mass is 10.3. The molecule has 3 aromatic rings. The van der Waals surface area contributed by atoms with E-state index in [9.17, 15) is 4.79 Å². The van der Waals surface area contributed by atoms with E-state index in [0.717, 1.165) is 5.29 Å². The summed E-state index contributed by atoms with van der Waals surface area (Å²) in [5.74, 6) is -0.148. The first kappa shape index (κ1) is 15.9. The molecule has 1 aliphatic heterocycles. The molecule has 25 heavy (non-hydrogen) atoms. The Morgan fingerprint density at radius 1 is 0.640 bits per heavy atom. The van der Waals surface area contributed by atoms with Gasteiger partial charge in [0.1, 0.15) is 0 Å². The van der Waals surface area contributed by atoms with Crippen molar-refractivity contribution in [2.24, 2.45) is 0 Å². The minimum Gasteiger partial charge on any atom is -0.462 e. The molecular formula is C22H19O2P. The Morgan fingerprint density at radius 2 is 1.04 bits per heavy atom. The highest BCUT2D eigenvalue weighted by molar-refractivity contribution is 7.96. The molecule has 4 rings (SSSR count). The molecule has 2 nitrogen and oxygen atoms in total. The Bertz CT molecular complexity index is 828. The minimum atomic E-state index is -2.21. The number of cyclic esters (lactones) is 1. The third-order valence-electron chi connectivity index (χ3n) is 4.64. The maximum absolute atomic E-state index is 12.7. The van der Waals surface area contributed by atoms with E-state index in [0.29, 0.717) is 13.0 Å². The van der Waals surface area contributed by atoms with Gasteiger partial charge in [-0.05, 0) is 22.8 Å². The van der Waals surface area contributed by atoms with Crippen molar-refractivity contribution in [3.8, 4) is 0 Å². The number of esters is 1. The number of ether oxygens (including phenoxy) is 1. The van der Waals surface area contributed by atoms with Crippen LogP contribution in [-0.2, 0) is 9.53 Å². The summed E-state index contributed by atoms with van der Waals surface area (Å²) in [7, 11) is 0. The normalized spacial score (nSPS) is 14.4. The molecule has 1 heterocycles. The Kier molecular flexibility index (Phi) is 4.29. The van der Waals surface area contributed by atoms with Gasteiger partial charge in [0.2, 0.25) is 0 Å². The van der Waals surface area contributed by atoms with Crippen molar-refractivity contribution in [2.45, 2.75) is 6.42 Å². The first-order chi connectivity index (χ1) is 12.3. The number of hydrogen-bond donors (Lipinski definition) is 0. The molecule has 0 aliphatic carbocycles. The minimum absolute atomic E-state index is 0.148. The van der Waals surface area contributed by atoms with Crippen LogP contribution in [0.15, 0.2) is 91.0 Å². The monoisotopic (exact) mass is 346 g/mol. The molecule has 0 bridgehead atoms. The highest BCUT2D eigenvalue weighted by atomic mass is 31.2. The van der Waals surface area contributed by atoms with Gasteiger partial charge in [0.05, 0.1) is 11.9 Å². The Morgan fingerprint density at radius 3 is 1.36 bits per heavy atom. The number of carbonyl (C=O) groups is 1. The highest BCUT2D eigenvalue weighted by Gasteiger charge is 2.35. The molecule has 0 aromatic heterocycles. The van der Waals surface area contributed by atoms with E-state index < -0.39 is 6.89 Å². The number of carbonyl (C=O) groups excluding carboxylic acids is 1. The highest BCUT2D eigenvalue weighted by Crippen LogP contribution is 2.47. The quantitative estimate of drug-likeness (QED) is 0.538. The van der Waals surface area contributed by atoms with E-state index in [-0.39, 0.29) is 5.97 Å². The van der Waals surface area contributed by atoms with Crippen molar-refractivity contribution in [1.29, 1.82) is 0 Å². The van der Waals surface area contributed by atoms with Gasteiger partial charge in [0.15, 0.2) is 0 Å². The van der Waals surface area contributed by atoms with Crippen LogP contribution in [0, 0.1) is 0 Å². The summed E-state index contributed by atoms with van der Waals surface area (Å²) in [5.41, 5.74) is 0. The average molecular weight is 346 g/mol. The smallest absolute Gasteiger partial charge is 0.335 e. The summed E-state index contributed by atoms with van der Waals surface area (Å²) >= 11 is 0. The standard InChI is InChI=1S/C22H19O2P/c23-22-21(16-17-24-22)25(18-10-4-1-5-11-18,19-12-6-2-7-13-19)20-14-8-3-9-15-20/h1-15H,16-17H2. The summed E-state index contributed by atoms with van der Waals surface area (Å²) in [4.78, 5) is 12.7. The molecule has 0 amide bonds. The Balaban J connectivity index is 2.20. The molecule has 0 saturated carbocycles. The molecule has 0 spiro atoms. The molecule has 0 atom stereocenters. The molecule has 0 radical (unpaired) electrons. The van der Waals surface area contributed by atoms with Crippen LogP contribution in [0.4, 0.5) is 0 Å². The summed E-state index contributed by atoms with van der Waals surface area (Å²) in [6.45, 7) is -1.74. The van der Waals surface area contributed by atoms with Crippen LogP contribution in [0.5, 0.6) is 0 Å². The SMILES string of the molecule is O=C1OCCC1=P(c1ccccc1)(c1ccccc1)c1ccccc1. The molecule has 124 valence electrons. The maximum Gasteiger partial charge on any atom is 0.335 e. The predicted molar refractivity (Wildman–Crippen MR) is 106 cm³/mol. The molecule has 1 saturated heterocycles. The van der Waals surface area contributed by atoms with Gasteiger partial charge in [-0.15, -0.1) is 0 Å². The van der Waals surface area contributed by atoms with Crippen molar-refractivity contribution in [3.63, 3.8) is 0 Å². The number of benzene rings is 3. The van der Waals surface area contributed by atoms with Crippen LogP contribution in [0.1, 0.15) is 6.42 Å². The van der Waals surface area contributed by atoms with Gasteiger partial charge >= 0.3 is 5.97 Å². The molecular weight excluding hydrogens is 327 g/mol. The van der Waals surface area contributed by atoms with Crippen molar-refractivity contribution >= 4 is 34.1 Å². The van der Waals surface area contributed by atoms with Gasteiger partial charge in [0.25, 0.3) is 0 Å². The van der Waals surface area contributed by atoms with E-state index >= 15 is 0 Å². The van der Waals surface area contributed by atoms with Crippen molar-refractivity contribution in [1.82, 2.24) is 0 Å². The lowest BCUT2D eigenvalue weighted by Gasteiger charge is -2.30. The van der Waals surface area contributed by atoms with Gasteiger partial charge in [-0.25, -0.2) is 4.79 Å². The Hall–Kier alpha value is -2.57. The summed E-state index contributed by atoms with van der Waals surface area (Å²) in [5, 5.41) is 4.50. The zero-order chi connectivity index (χ0) is 17.1. The van der Waals surface area contributed by atoms with E-state index in [4.69, 9.17) is 4.74 Å². The van der Waals surface area contributed by atoms with Gasteiger partial charge in [-0.3, -0.25) is 0 Å². The van der Waals surface area contributed by atoms with E-state index in [1.54, 1.807) is 0 Å². The Labute approximate surface area is 148 Å². The topological polar surface area (TPSA) is 26.3 Å². The number of rotatable bonds is 3. The fraction of sp³-hybridized carbons (Fsp3) is 0.0909. The van der Waals surface area contributed by atoms with Crippen LogP contribution in [-0.4, -0.2) is 17.9 Å². The van der Waals surface area contributed by atoms with Crippen LogP contribution in [0.2, 0.25) is 0 Å². The zero-order valence-corrected chi connectivity index (χ0v) is 14.7. The largest absolute Gasteiger partial charge is 0.462 e. The summed E-state index contributed by atoms with van der Waals surface area (Å²) in [6, 6.07) is 31.2. The number of hydrogen-bond acceptors (Lipinski definition) is 2. The van der Waals surface area contributed by atoms with Crippen molar-refractivity contribution in [2.75, 3.05) is 6.61 Å². The molecule has 1 aliphatic rings. The fourth-order valence-corrected chi connectivity index (χ4v) is 8.05. The molecule has 0 N–H and O–H groups in total.